The molecule has 14 heavy (non-hydrogen) atoms. The predicted octanol–water partition coefficient (Wildman–Crippen LogP) is 3.33. The van der Waals surface area contributed by atoms with Crippen LogP contribution in [0, 0.1) is 0 Å². The zero-order chi connectivity index (χ0) is 10.8. The molecule has 0 saturated heterocycles. The molecule has 1 rings (SSSR count). The second-order valence-corrected chi connectivity index (χ2v) is 12.4. The van der Waals surface area contributed by atoms with Crippen molar-refractivity contribution in [3.8, 4) is 0 Å². The van der Waals surface area contributed by atoms with Gasteiger partial charge >= 0.3 is 0 Å². The molecule has 1 nitrogen and oxygen atoms in total. The van der Waals surface area contributed by atoms with Crippen molar-refractivity contribution in [2.75, 3.05) is 5.38 Å². The van der Waals surface area contributed by atoms with E-state index in [2.05, 4.69) is 19.6 Å². The summed E-state index contributed by atoms with van der Waals surface area (Å²) in [5.41, 5.74) is 0. The van der Waals surface area contributed by atoms with Crippen molar-refractivity contribution in [2.24, 2.45) is 0 Å². The average molecular weight is 247 g/mol. The van der Waals surface area contributed by atoms with Gasteiger partial charge in [-0.2, -0.15) is 0 Å². The largest absolute Gasteiger partial charge is 0.255 e. The summed E-state index contributed by atoms with van der Waals surface area (Å²) >= 11 is 5.76. The quantitative estimate of drug-likeness (QED) is 0.748. The maximum atomic E-state index is 11.9. The summed E-state index contributed by atoms with van der Waals surface area (Å²) in [4.78, 5) is 0.886. The van der Waals surface area contributed by atoms with Crippen LogP contribution in [0.2, 0.25) is 24.7 Å². The molecular formula is C10H15ClOSSi. The molecule has 1 unspecified atom stereocenters. The molecular weight excluding hydrogens is 232 g/mol. The highest BCUT2D eigenvalue weighted by atomic mass is 35.5. The van der Waals surface area contributed by atoms with E-state index in [1.165, 1.54) is 0 Å². The lowest BCUT2D eigenvalue weighted by Gasteiger charge is -2.14. The minimum atomic E-state index is -1.25. The van der Waals surface area contributed by atoms with Crippen molar-refractivity contribution in [1.29, 1.82) is 0 Å². The van der Waals surface area contributed by atoms with Crippen LogP contribution in [0.4, 0.5) is 0 Å². The Kier molecular flexibility index (Phi) is 3.92. The lowest BCUT2D eigenvalue weighted by molar-refractivity contribution is 0.685. The normalized spacial score (nSPS) is 14.0. The standard InChI is InChI=1S/C10H15ClOSSi/c1-14(2,3)8-13(12)10-6-4-9(11)5-7-10/h4-7H,8H2,1-3H3. The van der Waals surface area contributed by atoms with E-state index < -0.39 is 18.9 Å². The molecule has 4 heteroatoms. The topological polar surface area (TPSA) is 17.1 Å². The monoisotopic (exact) mass is 246 g/mol. The molecule has 0 saturated carbocycles. The molecule has 0 heterocycles. The van der Waals surface area contributed by atoms with Gasteiger partial charge in [-0.3, -0.25) is 4.21 Å². The number of benzene rings is 1. The molecule has 0 amide bonds. The summed E-state index contributed by atoms with van der Waals surface area (Å²) in [5.74, 6) is 0. The minimum absolute atomic E-state index is 0.693. The van der Waals surface area contributed by atoms with E-state index >= 15 is 0 Å². The SMILES string of the molecule is C[Si](C)(C)CS(=O)c1ccc(Cl)cc1. The second-order valence-electron chi connectivity index (χ2n) is 4.50. The van der Waals surface area contributed by atoms with Crippen molar-refractivity contribution >= 4 is 30.5 Å². The fourth-order valence-electron chi connectivity index (χ4n) is 1.06. The van der Waals surface area contributed by atoms with E-state index in [0.29, 0.717) is 5.02 Å². The first-order valence-electron chi connectivity index (χ1n) is 4.52. The first-order valence-corrected chi connectivity index (χ1v) is 9.93. The van der Waals surface area contributed by atoms with Crippen molar-refractivity contribution in [3.05, 3.63) is 29.3 Å². The highest BCUT2D eigenvalue weighted by Crippen LogP contribution is 2.15. The molecule has 0 aromatic heterocycles. The van der Waals surface area contributed by atoms with Gasteiger partial charge in [0, 0.05) is 15.3 Å². The molecule has 0 aliphatic heterocycles. The lowest BCUT2D eigenvalue weighted by Crippen LogP contribution is -2.29. The molecule has 0 N–H and O–H groups in total. The minimum Gasteiger partial charge on any atom is -0.255 e. The Morgan fingerprint density at radius 1 is 1.21 bits per heavy atom. The molecule has 0 aliphatic carbocycles. The molecule has 0 fully saturated rings. The maximum absolute atomic E-state index is 11.9. The third-order valence-corrected chi connectivity index (χ3v) is 7.20. The van der Waals surface area contributed by atoms with Gasteiger partial charge in [0.05, 0.1) is 18.9 Å². The molecule has 0 spiro atoms. The first-order chi connectivity index (χ1) is 6.38. The van der Waals surface area contributed by atoms with Crippen LogP contribution in [0.1, 0.15) is 0 Å². The average Bonchev–Trinajstić information content (AvgIpc) is 2.02. The predicted molar refractivity (Wildman–Crippen MR) is 66.1 cm³/mol. The van der Waals surface area contributed by atoms with Crippen LogP contribution in [-0.2, 0) is 10.8 Å². The molecule has 0 radical (unpaired) electrons. The smallest absolute Gasteiger partial charge is 0.0586 e. The van der Waals surface area contributed by atoms with Crippen molar-refractivity contribution < 1.29 is 4.21 Å². The van der Waals surface area contributed by atoms with Gasteiger partial charge in [0.2, 0.25) is 0 Å². The highest BCUT2D eigenvalue weighted by Gasteiger charge is 2.18. The summed E-state index contributed by atoms with van der Waals surface area (Å²) in [6.07, 6.45) is 0. The zero-order valence-electron chi connectivity index (χ0n) is 8.71. The summed E-state index contributed by atoms with van der Waals surface area (Å²) in [5, 5.41) is 1.51. The van der Waals surface area contributed by atoms with Gasteiger partial charge in [0.25, 0.3) is 0 Å². The molecule has 1 atom stereocenters. The second kappa shape index (κ2) is 4.60. The number of hydrogen-bond donors (Lipinski definition) is 0. The number of halogens is 1. The van der Waals surface area contributed by atoms with E-state index in [0.717, 1.165) is 10.3 Å². The Bertz CT molecular complexity index is 329. The van der Waals surface area contributed by atoms with Gasteiger partial charge < -0.3 is 0 Å². The van der Waals surface area contributed by atoms with Gasteiger partial charge in [-0.05, 0) is 24.3 Å². The number of hydrogen-bond acceptors (Lipinski definition) is 1. The van der Waals surface area contributed by atoms with Crippen LogP contribution in [0.3, 0.4) is 0 Å². The fraction of sp³-hybridized carbons (Fsp3) is 0.400. The summed E-state index contributed by atoms with van der Waals surface area (Å²) in [6, 6.07) is 7.27. The van der Waals surface area contributed by atoms with Crippen LogP contribution in [0.5, 0.6) is 0 Å². The van der Waals surface area contributed by atoms with Crippen LogP contribution in [0.15, 0.2) is 29.2 Å². The molecule has 78 valence electrons. The lowest BCUT2D eigenvalue weighted by atomic mass is 10.4. The highest BCUT2D eigenvalue weighted by molar-refractivity contribution is 7.87. The zero-order valence-corrected chi connectivity index (χ0v) is 11.3. The summed E-state index contributed by atoms with van der Waals surface area (Å²) in [6.45, 7) is 6.67. The Morgan fingerprint density at radius 2 is 1.71 bits per heavy atom. The first kappa shape index (κ1) is 11.9. The van der Waals surface area contributed by atoms with Crippen LogP contribution in [0.25, 0.3) is 0 Å². The molecule has 1 aromatic rings. The Labute approximate surface area is 93.9 Å². The Hall–Kier alpha value is -0.123. The van der Waals surface area contributed by atoms with E-state index in [1.54, 1.807) is 12.1 Å². The van der Waals surface area contributed by atoms with Gasteiger partial charge in [0.15, 0.2) is 0 Å². The Morgan fingerprint density at radius 3 is 2.14 bits per heavy atom. The maximum Gasteiger partial charge on any atom is 0.0586 e. The molecule has 0 bridgehead atoms. The van der Waals surface area contributed by atoms with Crippen molar-refractivity contribution in [1.82, 2.24) is 0 Å². The Balaban J connectivity index is 2.76. The van der Waals surface area contributed by atoms with Crippen LogP contribution >= 0.6 is 11.6 Å². The van der Waals surface area contributed by atoms with Gasteiger partial charge in [-0.1, -0.05) is 31.2 Å². The fourth-order valence-corrected chi connectivity index (χ4v) is 5.44. The van der Waals surface area contributed by atoms with E-state index in [9.17, 15) is 4.21 Å². The summed E-state index contributed by atoms with van der Waals surface area (Å²) in [7, 11) is -2.11. The summed E-state index contributed by atoms with van der Waals surface area (Å²) < 4.78 is 11.9. The van der Waals surface area contributed by atoms with E-state index in [4.69, 9.17) is 11.6 Å². The van der Waals surface area contributed by atoms with Crippen LogP contribution < -0.4 is 0 Å². The van der Waals surface area contributed by atoms with Gasteiger partial charge in [0.1, 0.15) is 0 Å². The van der Waals surface area contributed by atoms with Crippen molar-refractivity contribution in [3.63, 3.8) is 0 Å². The van der Waals surface area contributed by atoms with E-state index in [-0.39, 0.29) is 0 Å². The third-order valence-electron chi connectivity index (χ3n) is 1.64. The van der Waals surface area contributed by atoms with E-state index in [1.807, 2.05) is 12.1 Å². The van der Waals surface area contributed by atoms with Gasteiger partial charge in [-0.25, -0.2) is 0 Å². The molecule has 0 aliphatic rings. The van der Waals surface area contributed by atoms with Gasteiger partial charge in [-0.15, -0.1) is 0 Å². The van der Waals surface area contributed by atoms with Crippen molar-refractivity contribution in [2.45, 2.75) is 24.5 Å². The number of rotatable bonds is 3. The molecule has 1 aromatic carbocycles. The van der Waals surface area contributed by atoms with Crippen LogP contribution in [-0.4, -0.2) is 17.7 Å². The third kappa shape index (κ3) is 3.94.